The minimum absolute atomic E-state index is 0.00894. The monoisotopic (exact) mass is 631 g/mol. The van der Waals surface area contributed by atoms with Crippen LogP contribution in [0, 0.1) is 20.8 Å². The molecule has 0 radical (unpaired) electrons. The number of nitrogens with zero attached hydrogens (tertiary/aromatic N) is 3. The molecule has 1 fully saturated rings. The minimum Gasteiger partial charge on any atom is -0.490 e. The van der Waals surface area contributed by atoms with Crippen LogP contribution in [0.4, 0.5) is 19.1 Å². The Balaban J connectivity index is 1.50. The van der Waals surface area contributed by atoms with Gasteiger partial charge in [0.1, 0.15) is 0 Å². The number of ether oxygens (including phenoxy) is 1. The molecule has 0 atom stereocenters. The Kier molecular flexibility index (Phi) is 10.3. The van der Waals surface area contributed by atoms with Gasteiger partial charge in [0.15, 0.2) is 5.75 Å². The van der Waals surface area contributed by atoms with Crippen LogP contribution in [-0.2, 0) is 24.1 Å². The second-order valence-corrected chi connectivity index (χ2v) is 12.3. The highest BCUT2D eigenvalue weighted by atomic mass is 19.4. The fourth-order valence-corrected chi connectivity index (χ4v) is 6.26. The first-order valence-corrected chi connectivity index (χ1v) is 15.8. The Morgan fingerprint density at radius 1 is 0.913 bits per heavy atom. The van der Waals surface area contributed by atoms with Gasteiger partial charge in [-0.15, -0.1) is 0 Å². The molecular weight excluding hydrogens is 591 g/mol. The third-order valence-corrected chi connectivity index (χ3v) is 8.54. The lowest BCUT2D eigenvalue weighted by atomic mass is 9.89. The van der Waals surface area contributed by atoms with Gasteiger partial charge in [-0.2, -0.15) is 13.2 Å². The zero-order chi connectivity index (χ0) is 32.8. The summed E-state index contributed by atoms with van der Waals surface area (Å²) in [5.41, 5.74) is 7.16. The summed E-state index contributed by atoms with van der Waals surface area (Å²) >= 11 is 0. The summed E-state index contributed by atoms with van der Waals surface area (Å²) < 4.78 is 46.9. The topological polar surface area (TPSA) is 75.6 Å². The predicted octanol–water partition coefficient (Wildman–Crippen LogP) is 9.20. The molecule has 1 heterocycles. The maximum Gasteiger partial charge on any atom is 0.416 e. The highest BCUT2D eigenvalue weighted by Crippen LogP contribution is 2.38. The van der Waals surface area contributed by atoms with Gasteiger partial charge in [-0.05, 0) is 91.5 Å². The van der Waals surface area contributed by atoms with Crippen molar-refractivity contribution in [2.24, 2.45) is 0 Å². The van der Waals surface area contributed by atoms with Crippen LogP contribution in [-0.4, -0.2) is 27.7 Å². The van der Waals surface area contributed by atoms with Gasteiger partial charge in [0.25, 0.3) is 0 Å². The lowest BCUT2D eigenvalue weighted by Gasteiger charge is -2.26. The quantitative estimate of drug-likeness (QED) is 0.157. The van der Waals surface area contributed by atoms with Crippen molar-refractivity contribution in [1.29, 1.82) is 0 Å². The van der Waals surface area contributed by atoms with Crippen LogP contribution >= 0.6 is 0 Å². The smallest absolute Gasteiger partial charge is 0.416 e. The minimum atomic E-state index is -4.46. The average Bonchev–Trinajstić information content (AvgIpc) is 3.54. The molecule has 0 amide bonds. The Bertz CT molecular complexity index is 1670. The SMILES string of the molecule is Cc1cc(CN(Cc2cc(C)ccc2-c2cc(C3CCCC3)ccc2C)c2ncc(OCCCC(=O)O)cn2)cc(C(F)(F)F)c1. The van der Waals surface area contributed by atoms with E-state index in [1.807, 2.05) is 11.8 Å². The lowest BCUT2D eigenvalue weighted by molar-refractivity contribution is -0.138. The first kappa shape index (κ1) is 33.0. The molecule has 6 nitrogen and oxygen atoms in total. The summed E-state index contributed by atoms with van der Waals surface area (Å²) in [7, 11) is 0. The summed E-state index contributed by atoms with van der Waals surface area (Å²) in [5.74, 6) is 0.398. The molecule has 0 spiro atoms. The number of halogens is 3. The fourth-order valence-electron chi connectivity index (χ4n) is 6.26. The number of carbonyl (C=O) groups is 1. The highest BCUT2D eigenvalue weighted by Gasteiger charge is 2.31. The first-order valence-electron chi connectivity index (χ1n) is 15.8. The van der Waals surface area contributed by atoms with Crippen LogP contribution in [0.25, 0.3) is 11.1 Å². The number of benzene rings is 3. The molecule has 0 aliphatic heterocycles. The zero-order valence-corrected chi connectivity index (χ0v) is 26.5. The normalized spacial score (nSPS) is 13.6. The number of hydrogen-bond donors (Lipinski definition) is 1. The molecule has 0 saturated heterocycles. The van der Waals surface area contributed by atoms with Crippen molar-refractivity contribution >= 4 is 11.9 Å². The van der Waals surface area contributed by atoms with Crippen LogP contribution in [0.2, 0.25) is 0 Å². The Morgan fingerprint density at radius 2 is 1.65 bits per heavy atom. The van der Waals surface area contributed by atoms with Crippen molar-refractivity contribution < 1.29 is 27.8 Å². The Hall–Kier alpha value is -4.40. The number of hydrogen-bond acceptors (Lipinski definition) is 5. The zero-order valence-electron chi connectivity index (χ0n) is 26.5. The number of alkyl halides is 3. The molecule has 1 aliphatic rings. The number of carboxylic acid groups (broad SMARTS) is 1. The van der Waals surface area contributed by atoms with Gasteiger partial charge in [-0.3, -0.25) is 4.79 Å². The van der Waals surface area contributed by atoms with Gasteiger partial charge in [-0.1, -0.05) is 66.4 Å². The summed E-state index contributed by atoms with van der Waals surface area (Å²) in [6.07, 6.45) is 3.79. The maximum absolute atomic E-state index is 13.8. The van der Waals surface area contributed by atoms with E-state index in [0.29, 0.717) is 41.7 Å². The average molecular weight is 632 g/mol. The van der Waals surface area contributed by atoms with Crippen LogP contribution in [0.5, 0.6) is 5.75 Å². The Labute approximate surface area is 268 Å². The van der Waals surface area contributed by atoms with Gasteiger partial charge < -0.3 is 14.7 Å². The van der Waals surface area contributed by atoms with Crippen LogP contribution in [0.3, 0.4) is 0 Å². The molecule has 1 saturated carbocycles. The number of rotatable bonds is 12. The van der Waals surface area contributed by atoms with Crippen LogP contribution in [0.15, 0.2) is 67.0 Å². The Morgan fingerprint density at radius 3 is 2.35 bits per heavy atom. The summed E-state index contributed by atoms with van der Waals surface area (Å²) in [6.45, 7) is 6.51. The maximum atomic E-state index is 13.8. The third-order valence-electron chi connectivity index (χ3n) is 8.54. The molecule has 9 heteroatoms. The summed E-state index contributed by atoms with van der Waals surface area (Å²) in [5, 5.41) is 8.87. The van der Waals surface area contributed by atoms with Crippen molar-refractivity contribution in [1.82, 2.24) is 9.97 Å². The number of carboxylic acids is 1. The summed E-state index contributed by atoms with van der Waals surface area (Å²) in [4.78, 5) is 21.8. The number of aromatic nitrogens is 2. The van der Waals surface area contributed by atoms with Crippen molar-refractivity contribution in [3.63, 3.8) is 0 Å². The van der Waals surface area contributed by atoms with E-state index in [9.17, 15) is 18.0 Å². The van der Waals surface area contributed by atoms with Gasteiger partial charge in [0.2, 0.25) is 5.95 Å². The van der Waals surface area contributed by atoms with E-state index in [0.717, 1.165) is 33.9 Å². The van der Waals surface area contributed by atoms with Crippen LogP contribution in [0.1, 0.15) is 83.4 Å². The number of aryl methyl sites for hydroxylation is 3. The van der Waals surface area contributed by atoms with Crippen molar-refractivity contribution in [3.05, 3.63) is 106 Å². The van der Waals surface area contributed by atoms with Crippen molar-refractivity contribution in [3.8, 4) is 16.9 Å². The molecule has 4 aromatic rings. The second kappa shape index (κ2) is 14.4. The molecule has 46 heavy (non-hydrogen) atoms. The van der Waals surface area contributed by atoms with Gasteiger partial charge >= 0.3 is 12.1 Å². The van der Waals surface area contributed by atoms with Crippen LogP contribution < -0.4 is 9.64 Å². The van der Waals surface area contributed by atoms with E-state index >= 15 is 0 Å². The number of aliphatic carboxylic acids is 1. The van der Waals surface area contributed by atoms with E-state index in [1.54, 1.807) is 13.0 Å². The van der Waals surface area contributed by atoms with Gasteiger partial charge in [0, 0.05) is 19.5 Å². The molecule has 5 rings (SSSR count). The molecule has 1 aliphatic carbocycles. The summed E-state index contributed by atoms with van der Waals surface area (Å²) in [6, 6.07) is 17.2. The fraction of sp³-hybridized carbons (Fsp3) is 0.378. The lowest BCUT2D eigenvalue weighted by Crippen LogP contribution is -2.25. The molecular formula is C37H40F3N3O3. The van der Waals surface area contributed by atoms with Gasteiger partial charge in [0.05, 0.1) is 24.6 Å². The highest BCUT2D eigenvalue weighted by molar-refractivity contribution is 5.72. The first-order chi connectivity index (χ1) is 22.0. The number of anilines is 1. The standard InChI is InChI=1S/C37H40F3N3O3/c1-24-10-13-33(34-19-29(12-11-26(34)3)28-7-4-5-8-28)30(16-24)23-43(22-27-15-25(2)17-31(18-27)37(38,39)40)36-41-20-32(21-42-36)46-14-6-9-35(44)45/h10-13,15-21,28H,4-9,14,22-23H2,1-3H3,(H,44,45). The van der Waals surface area contributed by atoms with Gasteiger partial charge in [-0.25, -0.2) is 9.97 Å². The second-order valence-electron chi connectivity index (χ2n) is 12.3. The van der Waals surface area contributed by atoms with E-state index in [4.69, 9.17) is 9.84 Å². The van der Waals surface area contributed by atoms with E-state index < -0.39 is 17.7 Å². The van der Waals surface area contributed by atoms with Crippen molar-refractivity contribution in [2.75, 3.05) is 11.5 Å². The molecule has 242 valence electrons. The van der Waals surface area contributed by atoms with Crippen molar-refractivity contribution in [2.45, 2.75) is 84.5 Å². The molecule has 1 aromatic heterocycles. The molecule has 1 N–H and O–H groups in total. The molecule has 0 bridgehead atoms. The third kappa shape index (κ3) is 8.44. The van der Waals surface area contributed by atoms with E-state index in [1.165, 1.54) is 49.7 Å². The molecule has 0 unspecified atom stereocenters. The largest absolute Gasteiger partial charge is 0.490 e. The predicted molar refractivity (Wildman–Crippen MR) is 173 cm³/mol. The van der Waals surface area contributed by atoms with E-state index in [-0.39, 0.29) is 19.6 Å². The molecule has 3 aromatic carbocycles. The van der Waals surface area contributed by atoms with E-state index in [2.05, 4.69) is 53.3 Å².